The Kier molecular flexibility index (Phi) is 2.38. The molecule has 1 aromatic rings. The zero-order chi connectivity index (χ0) is 6.69. The molecule has 1 heterocycles. The average Bonchev–Trinajstić information content (AvgIpc) is 1.89. The van der Waals surface area contributed by atoms with Crippen molar-refractivity contribution >= 4 is 0 Å². The Morgan fingerprint density at radius 2 is 2.50 bits per heavy atom. The van der Waals surface area contributed by atoms with Crippen molar-refractivity contribution in [3.63, 3.8) is 0 Å². The minimum absolute atomic E-state index is 0. The van der Waals surface area contributed by atoms with E-state index in [4.69, 9.17) is 0 Å². The molecule has 0 aliphatic carbocycles. The number of aromatic amines is 1. The maximum Gasteiger partial charge on any atom is 0.185 e. The van der Waals surface area contributed by atoms with Crippen LogP contribution >= 0.6 is 0 Å². The van der Waals surface area contributed by atoms with Crippen LogP contribution in [0.25, 0.3) is 0 Å². The molecule has 1 N–H and O–H groups in total. The molecule has 4 heteroatoms. The van der Waals surface area contributed by atoms with Gasteiger partial charge in [-0.2, -0.15) is 0 Å². The molecule has 1 aromatic heterocycles. The van der Waals surface area contributed by atoms with E-state index in [9.17, 15) is 4.79 Å². The average molecular weight is 390 g/mol. The van der Waals surface area contributed by atoms with Crippen molar-refractivity contribution in [2.75, 3.05) is 0 Å². The first-order chi connectivity index (χ1) is 4.34. The summed E-state index contributed by atoms with van der Waals surface area (Å²) < 4.78 is 0. The van der Waals surface area contributed by atoms with E-state index < -0.39 is 0 Å². The van der Waals surface area contributed by atoms with Crippen LogP contribution < -0.4 is 5.56 Å². The summed E-state index contributed by atoms with van der Waals surface area (Å²) in [7, 11) is 0. The number of H-pyrrole nitrogens is 1. The molecule has 1 rings (SSSR count). The summed E-state index contributed by atoms with van der Waals surface area (Å²) >= 11 is 0. The van der Waals surface area contributed by atoms with Gasteiger partial charge in [-0.25, -0.2) is 0 Å². The van der Waals surface area contributed by atoms with E-state index in [1.807, 2.05) is 6.92 Å². The molecular weight excluding hydrogens is 383 g/mol. The summed E-state index contributed by atoms with van der Waals surface area (Å²) in [6.45, 7) is 1.88. The van der Waals surface area contributed by atoms with Crippen LogP contribution in [0.3, 0.4) is 0 Å². The van der Waals surface area contributed by atoms with Crippen molar-refractivity contribution in [2.45, 2.75) is 13.3 Å². The van der Waals surface area contributed by atoms with Crippen LogP contribution in [0.5, 0.6) is 0 Å². The number of hydrogen-bond donors (Lipinski definition) is 1. The van der Waals surface area contributed by atoms with Crippen molar-refractivity contribution in [1.82, 2.24) is 9.97 Å². The van der Waals surface area contributed by atoms with Gasteiger partial charge in [0.05, 0.1) is 0 Å². The Bertz CT molecular complexity index is 246. The third-order valence-corrected chi connectivity index (χ3v) is 1.06. The second kappa shape index (κ2) is 3.02. The smallest absolute Gasteiger partial charge is 0.185 e. The zero-order valence-corrected chi connectivity index (χ0v) is 12.2. The fraction of sp³-hybridized carbons (Fsp3) is 0.333. The van der Waals surface area contributed by atoms with Crippen LogP contribution in [0.4, 0.5) is 0 Å². The molecular formula is C6H7N2ORf-. The van der Waals surface area contributed by atoms with Gasteiger partial charge in [0.25, 0.3) is 0 Å². The first kappa shape index (κ1) is 7.88. The number of nitrogens with one attached hydrogen (secondary N) is 1. The van der Waals surface area contributed by atoms with Gasteiger partial charge in [-0.1, -0.05) is 19.5 Å². The predicted molar refractivity (Wildman–Crippen MR) is 33.1 cm³/mol. The van der Waals surface area contributed by atoms with Gasteiger partial charge in [-0.05, 0) is 5.69 Å². The summed E-state index contributed by atoms with van der Waals surface area (Å²) in [6, 6.07) is 0. The van der Waals surface area contributed by atoms with Gasteiger partial charge >= 0.3 is 0 Å². The van der Waals surface area contributed by atoms with E-state index in [0.29, 0.717) is 12.1 Å². The van der Waals surface area contributed by atoms with Crippen LogP contribution in [-0.4, -0.2) is 9.97 Å². The minimum atomic E-state index is -0.115. The molecule has 0 radical (unpaired) electrons. The predicted octanol–water partition coefficient (Wildman–Crippen LogP) is 0.132. The van der Waals surface area contributed by atoms with E-state index in [-0.39, 0.29) is 5.56 Å². The molecule has 0 atom stereocenters. The quantitative estimate of drug-likeness (QED) is 0.694. The Labute approximate surface area is 52.8 Å². The topological polar surface area (TPSA) is 45.8 Å². The van der Waals surface area contributed by atoms with E-state index >= 15 is 0 Å². The monoisotopic (exact) mass is 390 g/mol. The molecule has 0 saturated carbocycles. The largest absolute Gasteiger partial charge is 0.450 e. The molecule has 0 bridgehead atoms. The van der Waals surface area contributed by atoms with E-state index in [1.165, 1.54) is 6.20 Å². The molecule has 10 heavy (non-hydrogen) atoms. The first-order valence-corrected chi connectivity index (χ1v) is 2.79. The van der Waals surface area contributed by atoms with Crippen molar-refractivity contribution in [2.24, 2.45) is 0 Å². The fourth-order valence-corrected chi connectivity index (χ4v) is 0.582. The molecule has 0 fully saturated rings. The van der Waals surface area contributed by atoms with Crippen LogP contribution in [0.2, 0.25) is 0 Å². The SMILES string of the molecule is CCc1n[c-]c[nH]c1=O.[Rf]. The molecule has 0 unspecified atom stereocenters. The van der Waals surface area contributed by atoms with Gasteiger partial charge in [0.2, 0.25) is 0 Å². The number of nitrogens with zero attached hydrogens (tertiary/aromatic N) is 1. The Morgan fingerprint density at radius 1 is 1.80 bits per heavy atom. The number of aryl methyl sites for hydroxylation is 1. The minimum Gasteiger partial charge on any atom is -0.450 e. The second-order valence-electron chi connectivity index (χ2n) is 1.66. The Balaban J connectivity index is 0.000000810. The zero-order valence-electron chi connectivity index (χ0n) is 5.85. The molecule has 0 aliphatic heterocycles. The van der Waals surface area contributed by atoms with Gasteiger partial charge in [-0.15, -0.1) is 6.20 Å². The molecule has 0 aliphatic rings. The van der Waals surface area contributed by atoms with Crippen molar-refractivity contribution in [3.8, 4) is 0 Å². The number of hydrogen-bond acceptors (Lipinski definition) is 2. The second-order valence-corrected chi connectivity index (χ2v) is 1.66. The van der Waals surface area contributed by atoms with Crippen molar-refractivity contribution in [3.05, 3.63) is 28.4 Å². The van der Waals surface area contributed by atoms with Gasteiger partial charge in [-0.3, -0.25) is 4.79 Å². The molecule has 3 nitrogen and oxygen atoms in total. The van der Waals surface area contributed by atoms with Crippen molar-refractivity contribution in [1.29, 1.82) is 0 Å². The third-order valence-electron chi connectivity index (χ3n) is 1.06. The third kappa shape index (κ3) is 1.18. The molecule has 50 valence electrons. The summed E-state index contributed by atoms with van der Waals surface area (Å²) in [5, 5.41) is 0. The van der Waals surface area contributed by atoms with Crippen LogP contribution in [0, 0.1) is 6.20 Å². The van der Waals surface area contributed by atoms with E-state index in [0.717, 1.165) is 0 Å². The van der Waals surface area contributed by atoms with Gasteiger partial charge in [0.15, 0.2) is 5.56 Å². The summed E-state index contributed by atoms with van der Waals surface area (Å²) in [6.07, 6.45) is 4.61. The number of rotatable bonds is 1. The summed E-state index contributed by atoms with van der Waals surface area (Å²) in [5.41, 5.74) is 0.425. The van der Waals surface area contributed by atoms with Gasteiger partial charge < -0.3 is 9.97 Å². The fourth-order valence-electron chi connectivity index (χ4n) is 0.582. The Morgan fingerprint density at radius 3 is 2.90 bits per heavy atom. The summed E-state index contributed by atoms with van der Waals surface area (Å²) in [4.78, 5) is 16.9. The normalized spacial score (nSPS) is 8.50. The van der Waals surface area contributed by atoms with Gasteiger partial charge in [0.1, 0.15) is 0 Å². The van der Waals surface area contributed by atoms with E-state index in [2.05, 4.69) is 16.2 Å². The standard InChI is InChI=1S/C6H7N2O.Rf/c1-2-5-6(9)8-4-3-7-5;/h4H,2H2,1H3,(H,8,9);/q-1;. The van der Waals surface area contributed by atoms with Crippen LogP contribution in [0.15, 0.2) is 11.0 Å². The molecule has 0 amide bonds. The molecule has 0 spiro atoms. The van der Waals surface area contributed by atoms with E-state index in [1.54, 1.807) is 0 Å². The van der Waals surface area contributed by atoms with Crippen molar-refractivity contribution < 1.29 is 0 Å². The Hall–Kier alpha value is -2.12. The molecule has 0 saturated heterocycles. The van der Waals surface area contributed by atoms with Crippen LogP contribution in [-0.2, 0) is 6.42 Å². The maximum absolute atomic E-state index is 10.7. The van der Waals surface area contributed by atoms with Crippen LogP contribution in [0.1, 0.15) is 12.6 Å². The van der Waals surface area contributed by atoms with Gasteiger partial charge in [0, 0.05) is 0 Å². The summed E-state index contributed by atoms with van der Waals surface area (Å²) in [5.74, 6) is 0. The maximum atomic E-state index is 10.7. The number of aromatic nitrogens is 2. The molecule has 0 aromatic carbocycles. The first-order valence-electron chi connectivity index (χ1n) is 2.79.